The maximum Gasteiger partial charge on any atom is 0.307 e. The molecule has 1 rings (SSSR count). The van der Waals surface area contributed by atoms with Crippen LogP contribution in [0.25, 0.3) is 0 Å². The average molecular weight is 173 g/mol. The van der Waals surface area contributed by atoms with Crippen molar-refractivity contribution in [3.63, 3.8) is 0 Å². The predicted octanol–water partition coefficient (Wildman–Crippen LogP) is 0.538. The minimum Gasteiger partial charge on any atom is -0.481 e. The summed E-state index contributed by atoms with van der Waals surface area (Å²) < 4.78 is 0. The summed E-state index contributed by atoms with van der Waals surface area (Å²) in [5, 5.41) is 11.9. The SMILES string of the molecule is C[Si]1(C)CNCC(C(=O)O)C1. The Morgan fingerprint density at radius 2 is 2.27 bits per heavy atom. The molecule has 11 heavy (non-hydrogen) atoms. The summed E-state index contributed by atoms with van der Waals surface area (Å²) in [5.74, 6) is -0.775. The first-order chi connectivity index (χ1) is 5.01. The molecule has 1 atom stereocenters. The fourth-order valence-corrected chi connectivity index (χ4v) is 4.19. The fraction of sp³-hybridized carbons (Fsp3) is 0.857. The lowest BCUT2D eigenvalue weighted by atomic mass is 10.2. The highest BCUT2D eigenvalue weighted by Gasteiger charge is 2.32. The maximum atomic E-state index is 10.6. The van der Waals surface area contributed by atoms with Crippen molar-refractivity contribution in [3.8, 4) is 0 Å². The zero-order valence-corrected chi connectivity index (χ0v) is 8.05. The minimum absolute atomic E-state index is 0.134. The van der Waals surface area contributed by atoms with Crippen LogP contribution in [0.2, 0.25) is 19.1 Å². The lowest BCUT2D eigenvalue weighted by molar-refractivity contribution is -0.141. The summed E-state index contributed by atoms with van der Waals surface area (Å²) in [6, 6.07) is 0.926. The summed E-state index contributed by atoms with van der Waals surface area (Å²) in [7, 11) is -1.21. The molecule has 0 aromatic heterocycles. The Kier molecular flexibility index (Phi) is 2.34. The molecule has 1 aliphatic heterocycles. The summed E-state index contributed by atoms with van der Waals surface area (Å²) in [5.41, 5.74) is 0. The third-order valence-electron chi connectivity index (χ3n) is 2.14. The zero-order valence-electron chi connectivity index (χ0n) is 7.05. The second-order valence-corrected chi connectivity index (χ2v) is 9.12. The van der Waals surface area contributed by atoms with Crippen LogP contribution in [0.4, 0.5) is 0 Å². The van der Waals surface area contributed by atoms with Gasteiger partial charge in [0.1, 0.15) is 0 Å². The van der Waals surface area contributed by atoms with Gasteiger partial charge in [0.2, 0.25) is 0 Å². The molecule has 0 bridgehead atoms. The number of carboxylic acids is 1. The van der Waals surface area contributed by atoms with Crippen LogP contribution in [0, 0.1) is 5.92 Å². The van der Waals surface area contributed by atoms with Crippen LogP contribution in [0.5, 0.6) is 0 Å². The molecule has 1 aliphatic rings. The van der Waals surface area contributed by atoms with Gasteiger partial charge in [0.15, 0.2) is 0 Å². The quantitative estimate of drug-likeness (QED) is 0.569. The first-order valence-electron chi connectivity index (χ1n) is 3.95. The third kappa shape index (κ3) is 2.30. The number of aliphatic carboxylic acids is 1. The van der Waals surface area contributed by atoms with Gasteiger partial charge in [0.05, 0.1) is 14.0 Å². The van der Waals surface area contributed by atoms with Gasteiger partial charge >= 0.3 is 5.97 Å². The molecule has 3 nitrogen and oxygen atoms in total. The van der Waals surface area contributed by atoms with Crippen molar-refractivity contribution in [3.05, 3.63) is 0 Å². The summed E-state index contributed by atoms with van der Waals surface area (Å²) >= 11 is 0. The van der Waals surface area contributed by atoms with Crippen molar-refractivity contribution >= 4 is 14.0 Å². The number of carbonyl (C=O) groups is 1. The van der Waals surface area contributed by atoms with E-state index >= 15 is 0 Å². The maximum absolute atomic E-state index is 10.6. The van der Waals surface area contributed by atoms with E-state index in [-0.39, 0.29) is 5.92 Å². The zero-order chi connectivity index (χ0) is 8.48. The largest absolute Gasteiger partial charge is 0.481 e. The molecule has 0 aromatic carbocycles. The Hall–Kier alpha value is -0.353. The standard InChI is InChI=1S/C7H15NO2Si/c1-11(2)4-6(7(9)10)3-8-5-11/h6,8H,3-5H2,1-2H3,(H,9,10). The normalized spacial score (nSPS) is 29.8. The molecule has 1 heterocycles. The molecule has 0 aromatic rings. The Bertz CT molecular complexity index is 170. The van der Waals surface area contributed by atoms with Crippen LogP contribution >= 0.6 is 0 Å². The van der Waals surface area contributed by atoms with Crippen LogP contribution in [-0.4, -0.2) is 31.9 Å². The summed E-state index contributed by atoms with van der Waals surface area (Å²) in [6.45, 7) is 5.12. The first-order valence-corrected chi connectivity index (χ1v) is 7.36. The van der Waals surface area contributed by atoms with Gasteiger partial charge in [-0.1, -0.05) is 13.1 Å². The number of rotatable bonds is 1. The van der Waals surface area contributed by atoms with E-state index in [1.54, 1.807) is 0 Å². The molecule has 0 amide bonds. The molecule has 0 aliphatic carbocycles. The van der Waals surface area contributed by atoms with Crippen molar-refractivity contribution < 1.29 is 9.90 Å². The Balaban J connectivity index is 2.53. The van der Waals surface area contributed by atoms with E-state index in [1.165, 1.54) is 0 Å². The summed E-state index contributed by atoms with van der Waals surface area (Å²) in [4.78, 5) is 10.6. The van der Waals surface area contributed by atoms with Crippen molar-refractivity contribution in [2.24, 2.45) is 5.92 Å². The monoisotopic (exact) mass is 173 g/mol. The number of nitrogens with one attached hydrogen (secondary N) is 1. The number of hydrogen-bond donors (Lipinski definition) is 2. The molecule has 0 spiro atoms. The van der Waals surface area contributed by atoms with Crippen molar-refractivity contribution in [2.75, 3.05) is 12.7 Å². The molecule has 0 radical (unpaired) electrons. The molecule has 2 N–H and O–H groups in total. The van der Waals surface area contributed by atoms with Crippen LogP contribution in [0.15, 0.2) is 0 Å². The highest BCUT2D eigenvalue weighted by molar-refractivity contribution is 6.78. The molecule has 1 fully saturated rings. The fourth-order valence-electron chi connectivity index (χ4n) is 1.57. The van der Waals surface area contributed by atoms with E-state index < -0.39 is 14.0 Å². The van der Waals surface area contributed by atoms with E-state index in [0.29, 0.717) is 6.54 Å². The molecular weight excluding hydrogens is 158 g/mol. The van der Waals surface area contributed by atoms with E-state index in [9.17, 15) is 4.79 Å². The van der Waals surface area contributed by atoms with E-state index in [2.05, 4.69) is 18.4 Å². The smallest absolute Gasteiger partial charge is 0.307 e. The van der Waals surface area contributed by atoms with Gasteiger partial charge in [0, 0.05) is 6.54 Å². The van der Waals surface area contributed by atoms with Gasteiger partial charge in [-0.25, -0.2) is 0 Å². The highest BCUT2D eigenvalue weighted by atomic mass is 28.3. The van der Waals surface area contributed by atoms with Crippen molar-refractivity contribution in [1.29, 1.82) is 0 Å². The van der Waals surface area contributed by atoms with Crippen molar-refractivity contribution in [2.45, 2.75) is 19.1 Å². The van der Waals surface area contributed by atoms with Gasteiger partial charge in [-0.15, -0.1) is 0 Å². The lowest BCUT2D eigenvalue weighted by Gasteiger charge is -2.32. The van der Waals surface area contributed by atoms with E-state index in [0.717, 1.165) is 12.2 Å². The number of hydrogen-bond acceptors (Lipinski definition) is 2. The predicted molar refractivity (Wildman–Crippen MR) is 46.3 cm³/mol. The highest BCUT2D eigenvalue weighted by Crippen LogP contribution is 2.19. The Morgan fingerprint density at radius 3 is 2.64 bits per heavy atom. The third-order valence-corrected chi connectivity index (χ3v) is 4.95. The second kappa shape index (κ2) is 2.95. The van der Waals surface area contributed by atoms with Gasteiger partial charge in [-0.3, -0.25) is 4.79 Å². The molecule has 1 saturated heterocycles. The Labute approximate surface area is 67.8 Å². The molecular formula is C7H15NO2Si. The van der Waals surface area contributed by atoms with Gasteiger partial charge in [-0.2, -0.15) is 0 Å². The topological polar surface area (TPSA) is 49.3 Å². The van der Waals surface area contributed by atoms with E-state index in [1.807, 2.05) is 0 Å². The summed E-state index contributed by atoms with van der Waals surface area (Å²) in [6.07, 6.45) is 1.07. The minimum atomic E-state index is -1.21. The Morgan fingerprint density at radius 1 is 1.64 bits per heavy atom. The van der Waals surface area contributed by atoms with Crippen LogP contribution in [-0.2, 0) is 4.79 Å². The molecule has 4 heteroatoms. The van der Waals surface area contributed by atoms with Gasteiger partial charge in [0.25, 0.3) is 0 Å². The van der Waals surface area contributed by atoms with Crippen LogP contribution < -0.4 is 5.32 Å². The molecule has 64 valence electrons. The first kappa shape index (κ1) is 8.74. The van der Waals surface area contributed by atoms with E-state index in [4.69, 9.17) is 5.11 Å². The number of carboxylic acid groups (broad SMARTS) is 1. The average Bonchev–Trinajstić information content (AvgIpc) is 1.85. The molecule has 1 unspecified atom stereocenters. The van der Waals surface area contributed by atoms with Gasteiger partial charge < -0.3 is 10.4 Å². The van der Waals surface area contributed by atoms with Crippen molar-refractivity contribution in [1.82, 2.24) is 5.32 Å². The molecule has 0 saturated carbocycles. The second-order valence-electron chi connectivity index (χ2n) is 4.03. The van der Waals surface area contributed by atoms with Crippen LogP contribution in [0.3, 0.4) is 0 Å². The lowest BCUT2D eigenvalue weighted by Crippen LogP contribution is -2.50. The van der Waals surface area contributed by atoms with Crippen LogP contribution in [0.1, 0.15) is 0 Å². The van der Waals surface area contributed by atoms with Gasteiger partial charge in [-0.05, 0) is 12.2 Å².